The summed E-state index contributed by atoms with van der Waals surface area (Å²) in [5, 5.41) is 8.66. The summed E-state index contributed by atoms with van der Waals surface area (Å²) in [5.74, 6) is -1.83. The topological polar surface area (TPSA) is 55.8 Å². The van der Waals surface area contributed by atoms with Crippen LogP contribution < -0.4 is 9.47 Å². The Bertz CT molecular complexity index is 434. The van der Waals surface area contributed by atoms with Crippen LogP contribution in [-0.4, -0.2) is 24.8 Å². The quantitative estimate of drug-likeness (QED) is 0.886. The smallest absolute Gasteiger partial charge is 0.307 e. The van der Waals surface area contributed by atoms with Crippen LogP contribution in [0.1, 0.15) is 12.5 Å². The number of carboxylic acids is 1. The lowest BCUT2D eigenvalue weighted by molar-refractivity contribution is -0.136. The van der Waals surface area contributed by atoms with Gasteiger partial charge in [0.2, 0.25) is 0 Å². The maximum atomic E-state index is 13.8. The molecule has 0 aromatic heterocycles. The van der Waals surface area contributed by atoms with E-state index in [2.05, 4.69) is 0 Å². The number of rotatable bonds is 5. The van der Waals surface area contributed by atoms with Crippen LogP contribution in [0.2, 0.25) is 5.02 Å². The molecular formula is C11H12ClFO4. The Hall–Kier alpha value is -1.49. The van der Waals surface area contributed by atoms with Gasteiger partial charge in [-0.15, -0.1) is 0 Å². The van der Waals surface area contributed by atoms with Gasteiger partial charge in [0, 0.05) is 11.6 Å². The SMILES string of the molecule is CCOc1cc(OC)c(F)c(CC(=O)O)c1Cl. The molecule has 0 heterocycles. The van der Waals surface area contributed by atoms with E-state index >= 15 is 0 Å². The van der Waals surface area contributed by atoms with Gasteiger partial charge in [0.15, 0.2) is 11.6 Å². The van der Waals surface area contributed by atoms with E-state index in [4.69, 9.17) is 26.2 Å². The lowest BCUT2D eigenvalue weighted by atomic mass is 10.1. The van der Waals surface area contributed by atoms with E-state index < -0.39 is 18.2 Å². The third kappa shape index (κ3) is 3.00. The molecule has 4 nitrogen and oxygen atoms in total. The average molecular weight is 263 g/mol. The normalized spacial score (nSPS) is 10.1. The van der Waals surface area contributed by atoms with E-state index in [1.807, 2.05) is 0 Å². The Balaban J connectivity index is 3.32. The number of methoxy groups -OCH3 is 1. The molecule has 17 heavy (non-hydrogen) atoms. The first kappa shape index (κ1) is 13.6. The number of carboxylic acid groups (broad SMARTS) is 1. The molecule has 0 aliphatic heterocycles. The fourth-order valence-corrected chi connectivity index (χ4v) is 1.61. The third-order valence-electron chi connectivity index (χ3n) is 2.07. The van der Waals surface area contributed by atoms with Gasteiger partial charge in [-0.1, -0.05) is 11.6 Å². The van der Waals surface area contributed by atoms with Gasteiger partial charge < -0.3 is 14.6 Å². The van der Waals surface area contributed by atoms with E-state index in [-0.39, 0.29) is 22.1 Å². The zero-order valence-electron chi connectivity index (χ0n) is 9.42. The standard InChI is InChI=1S/C11H12ClFO4/c1-3-17-7-5-8(16-2)11(13)6(10(7)12)4-9(14)15/h5H,3-4H2,1-2H3,(H,14,15). The van der Waals surface area contributed by atoms with Gasteiger partial charge in [-0.2, -0.15) is 0 Å². The van der Waals surface area contributed by atoms with Crippen molar-refractivity contribution in [3.05, 3.63) is 22.5 Å². The van der Waals surface area contributed by atoms with E-state index in [1.54, 1.807) is 6.92 Å². The third-order valence-corrected chi connectivity index (χ3v) is 2.49. The highest BCUT2D eigenvalue weighted by Gasteiger charge is 2.20. The monoisotopic (exact) mass is 262 g/mol. The summed E-state index contributed by atoms with van der Waals surface area (Å²) in [4.78, 5) is 10.6. The Labute approximate surface area is 103 Å². The highest BCUT2D eigenvalue weighted by molar-refractivity contribution is 6.33. The first-order chi connectivity index (χ1) is 8.01. The molecule has 0 fully saturated rings. The Morgan fingerprint density at radius 2 is 2.18 bits per heavy atom. The largest absolute Gasteiger partial charge is 0.494 e. The van der Waals surface area contributed by atoms with Crippen LogP contribution in [0.25, 0.3) is 0 Å². The van der Waals surface area contributed by atoms with Crippen molar-refractivity contribution in [3.8, 4) is 11.5 Å². The van der Waals surface area contributed by atoms with Gasteiger partial charge in [-0.25, -0.2) is 4.39 Å². The second kappa shape index (κ2) is 5.72. The maximum absolute atomic E-state index is 13.8. The van der Waals surface area contributed by atoms with Gasteiger partial charge in [0.1, 0.15) is 5.75 Å². The first-order valence-corrected chi connectivity index (χ1v) is 5.28. The number of aliphatic carboxylic acids is 1. The molecule has 0 bridgehead atoms. The summed E-state index contributed by atoms with van der Waals surface area (Å²) in [6, 6.07) is 1.30. The minimum Gasteiger partial charge on any atom is -0.494 e. The van der Waals surface area contributed by atoms with Crippen molar-refractivity contribution in [3.63, 3.8) is 0 Å². The second-order valence-electron chi connectivity index (χ2n) is 3.19. The molecule has 0 amide bonds. The molecule has 6 heteroatoms. The minimum atomic E-state index is -1.18. The van der Waals surface area contributed by atoms with Crippen LogP contribution in [0.4, 0.5) is 4.39 Å². The molecule has 1 aromatic carbocycles. The molecule has 0 atom stereocenters. The van der Waals surface area contributed by atoms with Crippen molar-refractivity contribution < 1.29 is 23.8 Å². The molecule has 0 saturated carbocycles. The summed E-state index contributed by atoms with van der Waals surface area (Å²) in [5.41, 5.74) is -0.137. The Morgan fingerprint density at radius 1 is 1.53 bits per heavy atom. The molecule has 0 spiro atoms. The molecule has 94 valence electrons. The van der Waals surface area contributed by atoms with Gasteiger partial charge in [0.05, 0.1) is 25.2 Å². The molecular weight excluding hydrogens is 251 g/mol. The summed E-state index contributed by atoms with van der Waals surface area (Å²) < 4.78 is 23.8. The van der Waals surface area contributed by atoms with E-state index in [9.17, 15) is 9.18 Å². The molecule has 0 radical (unpaired) electrons. The highest BCUT2D eigenvalue weighted by Crippen LogP contribution is 2.36. The van der Waals surface area contributed by atoms with Gasteiger partial charge >= 0.3 is 5.97 Å². The summed E-state index contributed by atoms with van der Waals surface area (Å²) in [6.07, 6.45) is -0.526. The van der Waals surface area contributed by atoms with Gasteiger partial charge in [-0.3, -0.25) is 4.79 Å². The number of benzene rings is 1. The molecule has 0 saturated heterocycles. The fourth-order valence-electron chi connectivity index (χ4n) is 1.36. The first-order valence-electron chi connectivity index (χ1n) is 4.90. The lowest BCUT2D eigenvalue weighted by Gasteiger charge is -2.13. The number of ether oxygens (including phenoxy) is 2. The van der Waals surface area contributed by atoms with Gasteiger partial charge in [-0.05, 0) is 6.92 Å². The number of halogens is 2. The molecule has 0 unspecified atom stereocenters. The van der Waals surface area contributed by atoms with Crippen molar-refractivity contribution in [1.29, 1.82) is 0 Å². The zero-order chi connectivity index (χ0) is 13.0. The van der Waals surface area contributed by atoms with Crippen molar-refractivity contribution in [2.45, 2.75) is 13.3 Å². The maximum Gasteiger partial charge on any atom is 0.307 e. The Morgan fingerprint density at radius 3 is 2.65 bits per heavy atom. The molecule has 1 rings (SSSR count). The fraction of sp³-hybridized carbons (Fsp3) is 0.364. The highest BCUT2D eigenvalue weighted by atomic mass is 35.5. The van der Waals surface area contributed by atoms with Crippen LogP contribution in [0.3, 0.4) is 0 Å². The van der Waals surface area contributed by atoms with Crippen LogP contribution in [0, 0.1) is 5.82 Å². The average Bonchev–Trinajstić information content (AvgIpc) is 2.28. The predicted molar refractivity (Wildman–Crippen MR) is 60.5 cm³/mol. The van der Waals surface area contributed by atoms with E-state index in [1.165, 1.54) is 13.2 Å². The summed E-state index contributed by atoms with van der Waals surface area (Å²) in [6.45, 7) is 2.07. The minimum absolute atomic E-state index is 0.0347. The number of carbonyl (C=O) groups is 1. The summed E-state index contributed by atoms with van der Waals surface area (Å²) in [7, 11) is 1.28. The predicted octanol–water partition coefficient (Wildman–Crippen LogP) is 2.51. The van der Waals surface area contributed by atoms with E-state index in [0.29, 0.717) is 6.61 Å². The van der Waals surface area contributed by atoms with E-state index in [0.717, 1.165) is 0 Å². The molecule has 1 aromatic rings. The van der Waals surface area contributed by atoms with Crippen molar-refractivity contribution in [2.75, 3.05) is 13.7 Å². The number of hydrogen-bond acceptors (Lipinski definition) is 3. The Kier molecular flexibility index (Phi) is 4.57. The van der Waals surface area contributed by atoms with Gasteiger partial charge in [0.25, 0.3) is 0 Å². The van der Waals surface area contributed by atoms with Crippen molar-refractivity contribution >= 4 is 17.6 Å². The summed E-state index contributed by atoms with van der Waals surface area (Å²) >= 11 is 5.88. The molecule has 1 N–H and O–H groups in total. The zero-order valence-corrected chi connectivity index (χ0v) is 10.2. The van der Waals surface area contributed by atoms with Crippen LogP contribution in [0.5, 0.6) is 11.5 Å². The molecule has 0 aliphatic rings. The lowest BCUT2D eigenvalue weighted by Crippen LogP contribution is -2.06. The van der Waals surface area contributed by atoms with Crippen LogP contribution >= 0.6 is 11.6 Å². The van der Waals surface area contributed by atoms with Crippen LogP contribution in [-0.2, 0) is 11.2 Å². The second-order valence-corrected chi connectivity index (χ2v) is 3.56. The van der Waals surface area contributed by atoms with Crippen molar-refractivity contribution in [1.82, 2.24) is 0 Å². The van der Waals surface area contributed by atoms with Crippen molar-refractivity contribution in [2.24, 2.45) is 0 Å². The number of hydrogen-bond donors (Lipinski definition) is 1. The molecule has 0 aliphatic carbocycles. The van der Waals surface area contributed by atoms with Crippen LogP contribution in [0.15, 0.2) is 6.07 Å².